The first-order valence-corrected chi connectivity index (χ1v) is 16.4. The Labute approximate surface area is 272 Å². The fraction of sp³-hybridized carbons (Fsp3) is 0.727. The molecule has 3 aliphatic rings. The number of likely N-dealkylation sites (tertiary alicyclic amines) is 1. The van der Waals surface area contributed by atoms with Crippen LogP contribution in [-0.4, -0.2) is 92.4 Å². The Kier molecular flexibility index (Phi) is 13.0. The van der Waals surface area contributed by atoms with Gasteiger partial charge in [0.1, 0.15) is 23.8 Å². The van der Waals surface area contributed by atoms with Gasteiger partial charge in [-0.3, -0.25) is 29.0 Å². The number of nitrogens with zero attached hydrogens (tertiary/aromatic N) is 3. The highest BCUT2D eigenvalue weighted by Crippen LogP contribution is 2.42. The maximum Gasteiger partial charge on any atom is 0.272 e. The number of hydrogen-bond acceptors (Lipinski definition) is 8. The van der Waals surface area contributed by atoms with Crippen molar-refractivity contribution in [3.63, 3.8) is 0 Å². The average molecular weight is 644 g/mol. The molecule has 0 spiro atoms. The molecule has 0 radical (unpaired) electrons. The number of nitrogens with one attached hydrogen (secondary N) is 4. The molecule has 4 rings (SSSR count). The van der Waals surface area contributed by atoms with Crippen molar-refractivity contribution in [1.82, 2.24) is 36.1 Å². The van der Waals surface area contributed by atoms with Crippen molar-refractivity contribution in [2.75, 3.05) is 6.54 Å². The Bertz CT molecular complexity index is 1220. The predicted octanol–water partition coefficient (Wildman–Crippen LogP) is 1.56. The van der Waals surface area contributed by atoms with E-state index in [9.17, 15) is 29.1 Å². The van der Waals surface area contributed by atoms with E-state index in [1.807, 2.05) is 20.8 Å². The van der Waals surface area contributed by atoms with Gasteiger partial charge in [0.25, 0.3) is 11.8 Å². The van der Waals surface area contributed by atoms with Gasteiger partial charge in [0.2, 0.25) is 17.7 Å². The molecule has 5 N–H and O–H groups in total. The molecule has 2 saturated carbocycles. The number of amides is 5. The Morgan fingerprint density at radius 1 is 0.935 bits per heavy atom. The van der Waals surface area contributed by atoms with Gasteiger partial charge >= 0.3 is 0 Å². The monoisotopic (exact) mass is 643 g/mol. The standard InChI is InChI=1S/C32H49N7O6.CH4/c1-6-8-22(27(40)31(44)35-20-11-12-20)36-30(43)26-21-10-7-9-19(21)16-39(26)32(45)25(18(4)5)38-29(42)24(17(2)3)37-28(41)23-15-33-13-14-34-23;/h13-15,17-22,24-27,40H,6-12,16H2,1-5H3,(H,35,44)(H,36,43)(H,37,41)(H,38,42);1H4/t19-,21-,22?,24+,25-,26?,27?;/m0./s1. The van der Waals surface area contributed by atoms with Crippen molar-refractivity contribution < 1.29 is 29.1 Å². The maximum absolute atomic E-state index is 14.2. The van der Waals surface area contributed by atoms with E-state index >= 15 is 0 Å². The van der Waals surface area contributed by atoms with Crippen LogP contribution in [0.2, 0.25) is 0 Å². The van der Waals surface area contributed by atoms with Crippen molar-refractivity contribution >= 4 is 29.5 Å². The van der Waals surface area contributed by atoms with Gasteiger partial charge in [-0.25, -0.2) is 4.98 Å². The Morgan fingerprint density at radius 2 is 1.63 bits per heavy atom. The second kappa shape index (κ2) is 16.3. The van der Waals surface area contributed by atoms with Gasteiger partial charge < -0.3 is 31.3 Å². The van der Waals surface area contributed by atoms with Crippen LogP contribution in [0.1, 0.15) is 97.5 Å². The molecule has 1 aliphatic heterocycles. The van der Waals surface area contributed by atoms with Crippen LogP contribution in [-0.2, 0) is 19.2 Å². The highest BCUT2D eigenvalue weighted by molar-refractivity contribution is 5.98. The van der Waals surface area contributed by atoms with Crippen LogP contribution in [0, 0.1) is 23.7 Å². The van der Waals surface area contributed by atoms with Gasteiger partial charge in [-0.2, -0.15) is 0 Å². The Hall–Kier alpha value is -3.61. The zero-order chi connectivity index (χ0) is 32.8. The summed E-state index contributed by atoms with van der Waals surface area (Å²) in [5.74, 6) is -2.82. The molecule has 7 atom stereocenters. The summed E-state index contributed by atoms with van der Waals surface area (Å²) in [5.41, 5.74) is 0.0708. The second-order valence-electron chi connectivity index (χ2n) is 13.4. The molecule has 256 valence electrons. The van der Waals surface area contributed by atoms with E-state index in [4.69, 9.17) is 0 Å². The van der Waals surface area contributed by atoms with E-state index in [1.165, 1.54) is 18.6 Å². The lowest BCUT2D eigenvalue weighted by Gasteiger charge is -2.34. The van der Waals surface area contributed by atoms with Crippen LogP contribution in [0.5, 0.6) is 0 Å². The normalized spacial score (nSPS) is 23.0. The molecule has 1 aromatic rings. The molecular weight excluding hydrogens is 590 g/mol. The minimum atomic E-state index is -1.40. The van der Waals surface area contributed by atoms with Crippen molar-refractivity contribution in [1.29, 1.82) is 0 Å². The van der Waals surface area contributed by atoms with Crippen LogP contribution < -0.4 is 21.3 Å². The van der Waals surface area contributed by atoms with E-state index in [-0.39, 0.29) is 54.6 Å². The van der Waals surface area contributed by atoms with Crippen LogP contribution >= 0.6 is 0 Å². The molecule has 3 unspecified atom stereocenters. The molecule has 1 saturated heterocycles. The molecule has 46 heavy (non-hydrogen) atoms. The summed E-state index contributed by atoms with van der Waals surface area (Å²) in [4.78, 5) is 76.6. The summed E-state index contributed by atoms with van der Waals surface area (Å²) < 4.78 is 0. The number of rotatable bonds is 14. The van der Waals surface area contributed by atoms with E-state index in [2.05, 4.69) is 31.2 Å². The van der Waals surface area contributed by atoms with Gasteiger partial charge in [0, 0.05) is 25.0 Å². The summed E-state index contributed by atoms with van der Waals surface area (Å²) >= 11 is 0. The Balaban J connectivity index is 0.00000576. The fourth-order valence-electron chi connectivity index (χ4n) is 6.56. The van der Waals surface area contributed by atoms with E-state index in [0.29, 0.717) is 19.4 Å². The maximum atomic E-state index is 14.2. The fourth-order valence-corrected chi connectivity index (χ4v) is 6.56. The van der Waals surface area contributed by atoms with Crippen LogP contribution in [0.4, 0.5) is 0 Å². The molecule has 1 aromatic heterocycles. The lowest BCUT2D eigenvalue weighted by atomic mass is 9.92. The van der Waals surface area contributed by atoms with Gasteiger partial charge in [0.05, 0.1) is 12.2 Å². The number of aromatic nitrogens is 2. The number of aliphatic hydroxyl groups is 1. The molecule has 2 heterocycles. The van der Waals surface area contributed by atoms with Crippen molar-refractivity contribution in [2.45, 2.75) is 123 Å². The number of carbonyl (C=O) groups is 5. The van der Waals surface area contributed by atoms with E-state index < -0.39 is 48.0 Å². The zero-order valence-electron chi connectivity index (χ0n) is 27.0. The number of fused-ring (bicyclic) bond motifs is 1. The third-order valence-corrected chi connectivity index (χ3v) is 9.20. The minimum absolute atomic E-state index is 0. The minimum Gasteiger partial charge on any atom is -0.381 e. The van der Waals surface area contributed by atoms with E-state index in [0.717, 1.165) is 32.1 Å². The van der Waals surface area contributed by atoms with Crippen molar-refractivity contribution in [3.05, 3.63) is 24.3 Å². The molecule has 13 heteroatoms. The summed E-state index contributed by atoms with van der Waals surface area (Å²) in [5, 5.41) is 22.1. The topological polar surface area (TPSA) is 183 Å². The molecular formula is C33H53N7O6. The first-order valence-electron chi connectivity index (χ1n) is 16.4. The van der Waals surface area contributed by atoms with Gasteiger partial charge in [-0.1, -0.05) is 54.9 Å². The summed E-state index contributed by atoms with van der Waals surface area (Å²) in [6.07, 6.45) is 8.19. The summed E-state index contributed by atoms with van der Waals surface area (Å²) in [6.45, 7) is 9.54. The highest BCUT2D eigenvalue weighted by atomic mass is 16.3. The molecule has 13 nitrogen and oxygen atoms in total. The quantitative estimate of drug-likeness (QED) is 0.202. The lowest BCUT2D eigenvalue weighted by molar-refractivity contribution is -0.144. The summed E-state index contributed by atoms with van der Waals surface area (Å²) in [7, 11) is 0. The van der Waals surface area contributed by atoms with Crippen LogP contribution in [0.25, 0.3) is 0 Å². The SMILES string of the molecule is C.CCCC(NC(=O)C1[C@H]2CCC[C@H]2CN1C(=O)[C@@H](NC(=O)[C@H](NC(=O)c1cnccn1)C(C)C)C(C)C)C(O)C(=O)NC1CC1. The smallest absolute Gasteiger partial charge is 0.272 e. The number of aliphatic hydroxyl groups excluding tert-OH is 1. The third-order valence-electron chi connectivity index (χ3n) is 9.20. The summed E-state index contributed by atoms with van der Waals surface area (Å²) in [6, 6.07) is -3.38. The predicted molar refractivity (Wildman–Crippen MR) is 172 cm³/mol. The number of carbonyl (C=O) groups excluding carboxylic acids is 5. The van der Waals surface area contributed by atoms with Crippen molar-refractivity contribution in [3.8, 4) is 0 Å². The largest absolute Gasteiger partial charge is 0.381 e. The van der Waals surface area contributed by atoms with Gasteiger partial charge in [-0.15, -0.1) is 0 Å². The van der Waals surface area contributed by atoms with E-state index in [1.54, 1.807) is 18.7 Å². The highest BCUT2D eigenvalue weighted by Gasteiger charge is 2.51. The molecule has 0 bridgehead atoms. The number of hydrogen-bond donors (Lipinski definition) is 5. The third kappa shape index (κ3) is 8.80. The van der Waals surface area contributed by atoms with Crippen LogP contribution in [0.15, 0.2) is 18.6 Å². The first kappa shape index (κ1) is 36.9. The lowest BCUT2D eigenvalue weighted by Crippen LogP contribution is -2.60. The van der Waals surface area contributed by atoms with Gasteiger partial charge in [-0.05, 0) is 55.8 Å². The van der Waals surface area contributed by atoms with Crippen molar-refractivity contribution in [2.24, 2.45) is 23.7 Å². The zero-order valence-corrected chi connectivity index (χ0v) is 27.0. The second-order valence-corrected chi connectivity index (χ2v) is 13.4. The molecule has 3 fully saturated rings. The molecule has 0 aromatic carbocycles. The van der Waals surface area contributed by atoms with Gasteiger partial charge in [0.15, 0.2) is 6.10 Å². The molecule has 5 amide bonds. The average Bonchev–Trinajstić information content (AvgIpc) is 3.57. The first-order chi connectivity index (χ1) is 21.4. The molecule has 2 aliphatic carbocycles. The Morgan fingerprint density at radius 3 is 2.22 bits per heavy atom. The van der Waals surface area contributed by atoms with Crippen LogP contribution in [0.3, 0.4) is 0 Å².